The lowest BCUT2D eigenvalue weighted by Crippen LogP contribution is -2.37. The number of nitrogens with zero attached hydrogens (tertiary/aromatic N) is 1. The van der Waals surface area contributed by atoms with Crippen LogP contribution in [-0.4, -0.2) is 26.3 Å². The molecule has 1 heterocycles. The Hall–Kier alpha value is -2.34. The smallest absolute Gasteiger partial charge is 0.378 e. The lowest BCUT2D eigenvalue weighted by Gasteiger charge is -2.29. The zero-order valence-electron chi connectivity index (χ0n) is 16.1. The molecule has 0 radical (unpaired) electrons. The second-order valence-electron chi connectivity index (χ2n) is 7.71. The van der Waals surface area contributed by atoms with Crippen molar-refractivity contribution < 1.29 is 17.9 Å². The Labute approximate surface area is 161 Å². The molecular weight excluding hydrogens is 367 g/mol. The molecule has 0 aromatic heterocycles. The standard InChI is InChI=1S/C22H22F3NO2/c1-12(2)14-4-5-15-11-17(22(23,24)25)21(27)19-18(15)16(10-14)13(3)20(19)26-6-8-28-9-7-26/h4-5,10-12H,6-9H2,1-3H3. The molecule has 0 spiro atoms. The third-order valence-electron chi connectivity index (χ3n) is 5.64. The molecule has 0 atom stereocenters. The third kappa shape index (κ3) is 2.91. The van der Waals surface area contributed by atoms with Crippen LogP contribution in [0.1, 0.15) is 36.5 Å². The molecule has 0 bridgehead atoms. The summed E-state index contributed by atoms with van der Waals surface area (Å²) in [6.07, 6.45) is -4.69. The molecule has 0 N–H and O–H groups in total. The number of anilines is 1. The quantitative estimate of drug-likeness (QED) is 0.612. The number of benzene rings is 1. The molecule has 6 heteroatoms. The second kappa shape index (κ2) is 6.62. The van der Waals surface area contributed by atoms with E-state index >= 15 is 0 Å². The lowest BCUT2D eigenvalue weighted by molar-refractivity contribution is -0.138. The molecule has 0 saturated carbocycles. The fourth-order valence-corrected chi connectivity index (χ4v) is 4.17. The first-order chi connectivity index (χ1) is 13.2. The topological polar surface area (TPSA) is 29.5 Å². The molecule has 148 valence electrons. The van der Waals surface area contributed by atoms with Gasteiger partial charge in [-0.1, -0.05) is 32.0 Å². The van der Waals surface area contributed by atoms with Crippen LogP contribution in [0.3, 0.4) is 0 Å². The summed E-state index contributed by atoms with van der Waals surface area (Å²) in [7, 11) is 0. The van der Waals surface area contributed by atoms with Crippen LogP contribution in [0.25, 0.3) is 21.5 Å². The highest BCUT2D eigenvalue weighted by Gasteiger charge is 2.36. The van der Waals surface area contributed by atoms with Crippen LogP contribution in [0.15, 0.2) is 29.1 Å². The summed E-state index contributed by atoms with van der Waals surface area (Å²) < 4.78 is 46.3. The molecule has 3 aromatic rings. The minimum absolute atomic E-state index is 0.185. The summed E-state index contributed by atoms with van der Waals surface area (Å²) in [4.78, 5) is 15.0. The largest absolute Gasteiger partial charge is 0.420 e. The highest BCUT2D eigenvalue weighted by atomic mass is 19.4. The predicted molar refractivity (Wildman–Crippen MR) is 106 cm³/mol. The van der Waals surface area contributed by atoms with Gasteiger partial charge in [0.25, 0.3) is 0 Å². The maximum Gasteiger partial charge on any atom is 0.420 e. The fraction of sp³-hybridized carbons (Fsp3) is 0.409. The Morgan fingerprint density at radius 1 is 1.07 bits per heavy atom. The minimum atomic E-state index is -4.69. The van der Waals surface area contributed by atoms with Gasteiger partial charge in [-0.2, -0.15) is 13.2 Å². The zero-order chi connectivity index (χ0) is 20.2. The molecule has 1 aliphatic rings. The van der Waals surface area contributed by atoms with Crippen molar-refractivity contribution in [1.29, 1.82) is 0 Å². The highest BCUT2D eigenvalue weighted by molar-refractivity contribution is 6.19. The number of morpholine rings is 1. The maximum absolute atomic E-state index is 13.6. The van der Waals surface area contributed by atoms with E-state index in [9.17, 15) is 18.0 Å². The van der Waals surface area contributed by atoms with Gasteiger partial charge in [0.2, 0.25) is 5.43 Å². The van der Waals surface area contributed by atoms with Gasteiger partial charge in [0.05, 0.1) is 24.3 Å². The van der Waals surface area contributed by atoms with Crippen molar-refractivity contribution in [3.63, 3.8) is 0 Å². The van der Waals surface area contributed by atoms with Gasteiger partial charge in [-0.15, -0.1) is 0 Å². The zero-order valence-corrected chi connectivity index (χ0v) is 16.1. The van der Waals surface area contributed by atoms with E-state index in [-0.39, 0.29) is 11.3 Å². The van der Waals surface area contributed by atoms with Crippen LogP contribution < -0.4 is 10.3 Å². The molecule has 1 aliphatic heterocycles. The van der Waals surface area contributed by atoms with Gasteiger partial charge in [-0.25, -0.2) is 0 Å². The van der Waals surface area contributed by atoms with E-state index in [0.717, 1.165) is 22.6 Å². The summed E-state index contributed by atoms with van der Waals surface area (Å²) in [5.74, 6) is 0.218. The number of aryl methyl sites for hydroxylation is 1. The van der Waals surface area contributed by atoms with Crippen molar-refractivity contribution in [1.82, 2.24) is 0 Å². The highest BCUT2D eigenvalue weighted by Crippen LogP contribution is 2.42. The summed E-state index contributed by atoms with van der Waals surface area (Å²) in [6.45, 7) is 8.09. The summed E-state index contributed by atoms with van der Waals surface area (Å²) in [5, 5.41) is 2.12. The normalized spacial score (nSPS) is 15.9. The van der Waals surface area contributed by atoms with Crippen LogP contribution >= 0.6 is 0 Å². The van der Waals surface area contributed by atoms with Gasteiger partial charge in [0.1, 0.15) is 5.56 Å². The second-order valence-corrected chi connectivity index (χ2v) is 7.71. The Morgan fingerprint density at radius 3 is 2.36 bits per heavy atom. The first kappa shape index (κ1) is 19.0. The summed E-state index contributed by atoms with van der Waals surface area (Å²) in [6, 6.07) is 6.59. The summed E-state index contributed by atoms with van der Waals surface area (Å²) >= 11 is 0. The van der Waals surface area contributed by atoms with E-state index in [2.05, 4.69) is 0 Å². The number of hydrogen-bond acceptors (Lipinski definition) is 3. The minimum Gasteiger partial charge on any atom is -0.378 e. The van der Waals surface area contributed by atoms with E-state index in [1.165, 1.54) is 0 Å². The van der Waals surface area contributed by atoms with E-state index in [0.29, 0.717) is 42.8 Å². The third-order valence-corrected chi connectivity index (χ3v) is 5.64. The van der Waals surface area contributed by atoms with Crippen molar-refractivity contribution in [2.75, 3.05) is 31.2 Å². The van der Waals surface area contributed by atoms with Gasteiger partial charge in [-0.05, 0) is 40.8 Å². The van der Waals surface area contributed by atoms with Gasteiger partial charge < -0.3 is 9.64 Å². The van der Waals surface area contributed by atoms with Crippen LogP contribution in [0.5, 0.6) is 0 Å². The molecule has 1 saturated heterocycles. The molecule has 28 heavy (non-hydrogen) atoms. The van der Waals surface area contributed by atoms with Crippen LogP contribution in [0, 0.1) is 6.92 Å². The van der Waals surface area contributed by atoms with Crippen molar-refractivity contribution >= 4 is 27.2 Å². The van der Waals surface area contributed by atoms with Crippen molar-refractivity contribution in [2.45, 2.75) is 32.9 Å². The number of halogens is 3. The Balaban J connectivity index is 2.19. The first-order valence-electron chi connectivity index (χ1n) is 9.46. The van der Waals surface area contributed by atoms with Gasteiger partial charge in [-0.3, -0.25) is 4.79 Å². The van der Waals surface area contributed by atoms with Crippen molar-refractivity contribution in [3.8, 4) is 0 Å². The van der Waals surface area contributed by atoms with Crippen molar-refractivity contribution in [2.24, 2.45) is 0 Å². The molecule has 3 aromatic carbocycles. The Kier molecular flexibility index (Phi) is 4.49. The van der Waals surface area contributed by atoms with E-state index in [4.69, 9.17) is 4.74 Å². The molecule has 4 rings (SSSR count). The maximum atomic E-state index is 13.6. The molecular formula is C22H22F3NO2. The fourth-order valence-electron chi connectivity index (χ4n) is 4.17. The lowest BCUT2D eigenvalue weighted by atomic mass is 10.0. The van der Waals surface area contributed by atoms with E-state index < -0.39 is 17.2 Å². The molecule has 0 aliphatic carbocycles. The summed E-state index contributed by atoms with van der Waals surface area (Å²) in [5.41, 5.74) is 0.480. The van der Waals surface area contributed by atoms with Crippen LogP contribution in [0.2, 0.25) is 0 Å². The number of rotatable bonds is 2. The Morgan fingerprint density at radius 2 is 1.75 bits per heavy atom. The van der Waals surface area contributed by atoms with Gasteiger partial charge in [0.15, 0.2) is 0 Å². The first-order valence-corrected chi connectivity index (χ1v) is 9.46. The number of alkyl halides is 3. The van der Waals surface area contributed by atoms with E-state index in [1.807, 2.05) is 37.8 Å². The van der Waals surface area contributed by atoms with Crippen LogP contribution in [-0.2, 0) is 10.9 Å². The average Bonchev–Trinajstić information content (AvgIpc) is 2.80. The molecule has 0 unspecified atom stereocenters. The molecule has 0 amide bonds. The van der Waals surface area contributed by atoms with Gasteiger partial charge >= 0.3 is 6.18 Å². The Bertz CT molecular complexity index is 1100. The van der Waals surface area contributed by atoms with Crippen molar-refractivity contribution in [3.05, 3.63) is 51.2 Å². The van der Waals surface area contributed by atoms with E-state index in [1.54, 1.807) is 6.07 Å². The monoisotopic (exact) mass is 389 g/mol. The van der Waals surface area contributed by atoms with Gasteiger partial charge in [0, 0.05) is 18.5 Å². The predicted octanol–water partition coefficient (Wildman–Crippen LogP) is 5.08. The number of hydrogen-bond donors (Lipinski definition) is 0. The number of ether oxygens (including phenoxy) is 1. The molecule has 3 nitrogen and oxygen atoms in total. The van der Waals surface area contributed by atoms with Crippen LogP contribution in [0.4, 0.5) is 18.9 Å². The molecule has 1 fully saturated rings. The average molecular weight is 389 g/mol. The SMILES string of the molecule is Cc1c(N2CCOCC2)c2c(=O)c(C(F)(F)F)cc3ccc(C(C)C)cc1c32.